The Labute approximate surface area is 122 Å². The van der Waals surface area contributed by atoms with Crippen LogP contribution in [0.4, 0.5) is 4.39 Å². The molecule has 0 amide bonds. The van der Waals surface area contributed by atoms with Gasteiger partial charge in [0.25, 0.3) is 0 Å². The predicted molar refractivity (Wildman–Crippen MR) is 79.6 cm³/mol. The second-order valence-corrected chi connectivity index (χ2v) is 5.61. The van der Waals surface area contributed by atoms with Gasteiger partial charge in [-0.3, -0.25) is 4.90 Å². The molecule has 1 aromatic carbocycles. The lowest BCUT2D eigenvalue weighted by Crippen LogP contribution is -2.35. The van der Waals surface area contributed by atoms with Gasteiger partial charge in [-0.05, 0) is 46.5 Å². The van der Waals surface area contributed by atoms with E-state index in [1.54, 1.807) is 0 Å². The van der Waals surface area contributed by atoms with Crippen LogP contribution in [0.2, 0.25) is 0 Å². The molecule has 0 radical (unpaired) electrons. The first kappa shape index (κ1) is 15.9. The molecular weight excluding hydrogens is 317 g/mol. The van der Waals surface area contributed by atoms with Gasteiger partial charge in [0.1, 0.15) is 5.82 Å². The summed E-state index contributed by atoms with van der Waals surface area (Å²) < 4.78 is 13.7. The summed E-state index contributed by atoms with van der Waals surface area (Å²) in [5.41, 5.74) is 1.11. The Balaban J connectivity index is 2.78. The normalized spacial score (nSPS) is 11.5. The van der Waals surface area contributed by atoms with Gasteiger partial charge in [0.05, 0.1) is 4.47 Å². The molecule has 0 atom stereocenters. The molecule has 102 valence electrons. The van der Waals surface area contributed by atoms with Gasteiger partial charge in [0.2, 0.25) is 0 Å². The van der Waals surface area contributed by atoms with Crippen molar-refractivity contribution in [3.05, 3.63) is 34.1 Å². The average Bonchev–Trinajstić information content (AvgIpc) is 2.35. The highest BCUT2D eigenvalue weighted by Crippen LogP contribution is 2.20. The lowest BCUT2D eigenvalue weighted by molar-refractivity contribution is 0.188. The van der Waals surface area contributed by atoms with E-state index in [0.717, 1.165) is 31.5 Å². The number of nitrogens with zero attached hydrogens (tertiary/aromatic N) is 1. The van der Waals surface area contributed by atoms with Crippen LogP contribution < -0.4 is 0 Å². The lowest BCUT2D eigenvalue weighted by atomic mass is 10.1. The molecule has 0 unspecified atom stereocenters. The second kappa shape index (κ2) is 8.13. The molecule has 0 heterocycles. The van der Waals surface area contributed by atoms with Crippen molar-refractivity contribution in [2.45, 2.75) is 39.3 Å². The zero-order valence-corrected chi connectivity index (χ0v) is 13.3. The maximum Gasteiger partial charge on any atom is 0.137 e. The summed E-state index contributed by atoms with van der Waals surface area (Å²) >= 11 is 9.09. The fourth-order valence-corrected chi connectivity index (χ4v) is 2.82. The Morgan fingerprint density at radius 2 is 2.00 bits per heavy atom. The van der Waals surface area contributed by atoms with Crippen LogP contribution in [0.5, 0.6) is 0 Å². The molecule has 4 heteroatoms. The summed E-state index contributed by atoms with van der Waals surface area (Å²) in [5.74, 6) is 0.406. The topological polar surface area (TPSA) is 3.24 Å². The molecule has 0 saturated heterocycles. The van der Waals surface area contributed by atoms with Crippen molar-refractivity contribution in [1.29, 1.82) is 0 Å². The standard InChI is InChI=1S/C14H20BrClFN/c1-3-12(4-2)18(8-7-16)10-11-5-6-14(17)13(15)9-11/h5-6,9,12H,3-4,7-8,10H2,1-2H3. The van der Waals surface area contributed by atoms with Crippen molar-refractivity contribution in [3.63, 3.8) is 0 Å². The van der Waals surface area contributed by atoms with Crippen LogP contribution in [-0.4, -0.2) is 23.4 Å². The highest BCUT2D eigenvalue weighted by atomic mass is 79.9. The minimum atomic E-state index is -0.217. The molecule has 0 aliphatic carbocycles. The maximum atomic E-state index is 13.2. The highest BCUT2D eigenvalue weighted by Gasteiger charge is 2.15. The SMILES string of the molecule is CCC(CC)N(CCCl)Cc1ccc(F)c(Br)c1. The van der Waals surface area contributed by atoms with Gasteiger partial charge in [-0.1, -0.05) is 19.9 Å². The number of hydrogen-bond acceptors (Lipinski definition) is 1. The largest absolute Gasteiger partial charge is 0.295 e. The maximum absolute atomic E-state index is 13.2. The molecule has 0 aliphatic rings. The van der Waals surface area contributed by atoms with Crippen molar-refractivity contribution in [2.24, 2.45) is 0 Å². The van der Waals surface area contributed by atoms with E-state index < -0.39 is 0 Å². The Kier molecular flexibility index (Phi) is 7.20. The first-order valence-corrected chi connectivity index (χ1v) is 7.69. The monoisotopic (exact) mass is 335 g/mol. The highest BCUT2D eigenvalue weighted by molar-refractivity contribution is 9.10. The third-order valence-corrected chi connectivity index (χ3v) is 3.98. The molecule has 18 heavy (non-hydrogen) atoms. The molecule has 0 spiro atoms. The van der Waals surface area contributed by atoms with Crippen LogP contribution in [0.1, 0.15) is 32.3 Å². The number of halogens is 3. The van der Waals surface area contributed by atoms with Gasteiger partial charge < -0.3 is 0 Å². The minimum Gasteiger partial charge on any atom is -0.295 e. The summed E-state index contributed by atoms with van der Waals surface area (Å²) in [7, 11) is 0. The molecule has 0 aliphatic heterocycles. The third kappa shape index (κ3) is 4.52. The Morgan fingerprint density at radius 1 is 1.33 bits per heavy atom. The van der Waals surface area contributed by atoms with Crippen molar-refractivity contribution >= 4 is 27.5 Å². The van der Waals surface area contributed by atoms with Crippen LogP contribution in [0.25, 0.3) is 0 Å². The van der Waals surface area contributed by atoms with E-state index >= 15 is 0 Å². The number of alkyl halides is 1. The van der Waals surface area contributed by atoms with Gasteiger partial charge in [0.15, 0.2) is 0 Å². The second-order valence-electron chi connectivity index (χ2n) is 4.38. The zero-order valence-electron chi connectivity index (χ0n) is 10.9. The minimum absolute atomic E-state index is 0.217. The van der Waals surface area contributed by atoms with E-state index in [9.17, 15) is 4.39 Å². The van der Waals surface area contributed by atoms with E-state index in [1.807, 2.05) is 12.1 Å². The first-order chi connectivity index (χ1) is 8.62. The van der Waals surface area contributed by atoms with E-state index in [0.29, 0.717) is 16.4 Å². The van der Waals surface area contributed by atoms with Crippen LogP contribution in [0.15, 0.2) is 22.7 Å². The fraction of sp³-hybridized carbons (Fsp3) is 0.571. The van der Waals surface area contributed by atoms with Crippen LogP contribution in [0, 0.1) is 5.82 Å². The Morgan fingerprint density at radius 3 is 2.50 bits per heavy atom. The van der Waals surface area contributed by atoms with Gasteiger partial charge in [-0.2, -0.15) is 0 Å². The zero-order chi connectivity index (χ0) is 13.5. The van der Waals surface area contributed by atoms with Crippen LogP contribution in [-0.2, 0) is 6.54 Å². The Bertz CT molecular complexity index is 369. The average molecular weight is 337 g/mol. The van der Waals surface area contributed by atoms with E-state index in [4.69, 9.17) is 11.6 Å². The first-order valence-electron chi connectivity index (χ1n) is 6.36. The van der Waals surface area contributed by atoms with Crippen molar-refractivity contribution in [3.8, 4) is 0 Å². The van der Waals surface area contributed by atoms with Crippen molar-refractivity contribution < 1.29 is 4.39 Å². The van der Waals surface area contributed by atoms with Crippen LogP contribution in [0.3, 0.4) is 0 Å². The molecular formula is C14H20BrClFN. The fourth-order valence-electron chi connectivity index (χ4n) is 2.18. The molecule has 0 N–H and O–H groups in total. The molecule has 1 rings (SSSR count). The smallest absolute Gasteiger partial charge is 0.137 e. The summed E-state index contributed by atoms with van der Waals surface area (Å²) in [6, 6.07) is 5.72. The van der Waals surface area contributed by atoms with Gasteiger partial charge in [-0.25, -0.2) is 4.39 Å². The number of benzene rings is 1. The molecule has 1 aromatic rings. The summed E-state index contributed by atoms with van der Waals surface area (Å²) in [6.07, 6.45) is 2.21. The van der Waals surface area contributed by atoms with Crippen LogP contribution >= 0.6 is 27.5 Å². The van der Waals surface area contributed by atoms with E-state index in [1.165, 1.54) is 6.07 Å². The summed E-state index contributed by atoms with van der Waals surface area (Å²) in [5, 5.41) is 0. The van der Waals surface area contributed by atoms with Gasteiger partial charge in [0, 0.05) is 25.0 Å². The molecule has 0 saturated carbocycles. The molecule has 0 aromatic heterocycles. The quantitative estimate of drug-likeness (QED) is 0.645. The number of rotatable bonds is 7. The summed E-state index contributed by atoms with van der Waals surface area (Å²) in [6.45, 7) is 6.06. The van der Waals surface area contributed by atoms with Gasteiger partial charge >= 0.3 is 0 Å². The molecule has 0 bridgehead atoms. The summed E-state index contributed by atoms with van der Waals surface area (Å²) in [4.78, 5) is 2.37. The predicted octanol–water partition coefficient (Wildman–Crippen LogP) is 4.82. The lowest BCUT2D eigenvalue weighted by Gasteiger charge is -2.29. The van der Waals surface area contributed by atoms with E-state index in [-0.39, 0.29) is 5.82 Å². The van der Waals surface area contributed by atoms with E-state index in [2.05, 4.69) is 34.7 Å². The third-order valence-electron chi connectivity index (χ3n) is 3.20. The molecule has 0 fully saturated rings. The van der Waals surface area contributed by atoms with Gasteiger partial charge in [-0.15, -0.1) is 11.6 Å². The van der Waals surface area contributed by atoms with Crippen molar-refractivity contribution in [1.82, 2.24) is 4.90 Å². The Hall–Kier alpha value is -0.120. The number of hydrogen-bond donors (Lipinski definition) is 0. The van der Waals surface area contributed by atoms with Crippen molar-refractivity contribution in [2.75, 3.05) is 12.4 Å². The molecule has 1 nitrogen and oxygen atoms in total.